The Labute approximate surface area is 101 Å². The minimum atomic E-state index is -0.383. The van der Waals surface area contributed by atoms with E-state index in [4.69, 9.17) is 11.6 Å². The Morgan fingerprint density at radius 2 is 2.20 bits per heavy atom. The Morgan fingerprint density at radius 3 is 2.73 bits per heavy atom. The fourth-order valence-corrected chi connectivity index (χ4v) is 2.71. The van der Waals surface area contributed by atoms with Gasteiger partial charge in [0.15, 0.2) is 0 Å². The highest BCUT2D eigenvalue weighted by Crippen LogP contribution is 2.48. The van der Waals surface area contributed by atoms with Crippen LogP contribution in [0.1, 0.15) is 24.8 Å². The zero-order chi connectivity index (χ0) is 10.9. The normalized spacial score (nSPS) is 17.7. The van der Waals surface area contributed by atoms with Gasteiger partial charge in [-0.15, -0.1) is 0 Å². The smallest absolute Gasteiger partial charge is 0.211 e. The van der Waals surface area contributed by atoms with Crippen molar-refractivity contribution in [2.75, 3.05) is 0 Å². The second kappa shape index (κ2) is 4.09. The van der Waals surface area contributed by atoms with Gasteiger partial charge >= 0.3 is 0 Å². The van der Waals surface area contributed by atoms with Gasteiger partial charge in [0.1, 0.15) is 0 Å². The average molecular weight is 287 g/mol. The average Bonchev–Trinajstić information content (AvgIpc) is 2.17. The Kier molecular flexibility index (Phi) is 2.96. The lowest BCUT2D eigenvalue weighted by atomic mass is 9.72. The van der Waals surface area contributed by atoms with Crippen molar-refractivity contribution in [3.05, 3.63) is 33.3 Å². The van der Waals surface area contributed by atoms with Gasteiger partial charge in [-0.05, 0) is 46.8 Å². The number of isocyanates is 1. The van der Waals surface area contributed by atoms with Crippen LogP contribution in [0.2, 0.25) is 5.02 Å². The van der Waals surface area contributed by atoms with E-state index < -0.39 is 0 Å². The highest BCUT2D eigenvalue weighted by molar-refractivity contribution is 9.10. The van der Waals surface area contributed by atoms with E-state index in [1.54, 1.807) is 6.08 Å². The van der Waals surface area contributed by atoms with Gasteiger partial charge in [0, 0.05) is 4.47 Å². The summed E-state index contributed by atoms with van der Waals surface area (Å²) in [5, 5.41) is 0.653. The molecule has 15 heavy (non-hydrogen) atoms. The zero-order valence-electron chi connectivity index (χ0n) is 7.96. The van der Waals surface area contributed by atoms with Crippen LogP contribution >= 0.6 is 27.5 Å². The lowest BCUT2D eigenvalue weighted by Gasteiger charge is -2.37. The largest absolute Gasteiger partial charge is 0.235 e. The summed E-state index contributed by atoms with van der Waals surface area (Å²) in [5.41, 5.74) is 0.607. The van der Waals surface area contributed by atoms with E-state index in [0.29, 0.717) is 5.02 Å². The van der Waals surface area contributed by atoms with E-state index in [9.17, 15) is 4.79 Å². The predicted molar refractivity (Wildman–Crippen MR) is 62.8 cm³/mol. The molecule has 1 saturated carbocycles. The molecule has 1 aromatic rings. The minimum Gasteiger partial charge on any atom is -0.211 e. The Bertz CT molecular complexity index is 436. The Morgan fingerprint density at radius 1 is 1.47 bits per heavy atom. The van der Waals surface area contributed by atoms with Crippen molar-refractivity contribution in [1.82, 2.24) is 0 Å². The van der Waals surface area contributed by atoms with Crippen molar-refractivity contribution in [2.45, 2.75) is 24.8 Å². The molecular formula is C11H9BrClNO. The third kappa shape index (κ3) is 1.76. The van der Waals surface area contributed by atoms with E-state index in [-0.39, 0.29) is 5.54 Å². The van der Waals surface area contributed by atoms with Gasteiger partial charge in [-0.25, -0.2) is 4.79 Å². The van der Waals surface area contributed by atoms with Crippen LogP contribution in [0.4, 0.5) is 0 Å². The molecule has 0 radical (unpaired) electrons. The molecule has 1 aliphatic carbocycles. The van der Waals surface area contributed by atoms with Gasteiger partial charge in [-0.3, -0.25) is 0 Å². The van der Waals surface area contributed by atoms with Gasteiger partial charge in [-0.1, -0.05) is 23.7 Å². The first-order valence-electron chi connectivity index (χ1n) is 4.73. The molecule has 1 aliphatic rings. The Balaban J connectivity index is 2.52. The fourth-order valence-electron chi connectivity index (χ4n) is 1.90. The van der Waals surface area contributed by atoms with E-state index in [0.717, 1.165) is 29.3 Å². The molecule has 4 heteroatoms. The maximum atomic E-state index is 10.4. The molecule has 0 bridgehead atoms. The van der Waals surface area contributed by atoms with E-state index >= 15 is 0 Å². The van der Waals surface area contributed by atoms with Crippen LogP contribution in [0.3, 0.4) is 0 Å². The third-order valence-corrected chi connectivity index (χ3v) is 4.29. The van der Waals surface area contributed by atoms with Crippen LogP contribution in [0, 0.1) is 0 Å². The monoisotopic (exact) mass is 285 g/mol. The van der Waals surface area contributed by atoms with E-state index in [2.05, 4.69) is 20.9 Å². The number of rotatable bonds is 2. The first-order chi connectivity index (χ1) is 7.19. The van der Waals surface area contributed by atoms with Crippen molar-refractivity contribution >= 4 is 33.6 Å². The molecule has 0 atom stereocenters. The van der Waals surface area contributed by atoms with Gasteiger partial charge in [-0.2, -0.15) is 4.99 Å². The molecule has 0 saturated heterocycles. The van der Waals surface area contributed by atoms with Crippen molar-refractivity contribution in [3.8, 4) is 0 Å². The van der Waals surface area contributed by atoms with E-state index in [1.165, 1.54) is 0 Å². The summed E-state index contributed by atoms with van der Waals surface area (Å²) in [7, 11) is 0. The molecule has 2 nitrogen and oxygen atoms in total. The van der Waals surface area contributed by atoms with Crippen molar-refractivity contribution in [2.24, 2.45) is 4.99 Å². The first kappa shape index (κ1) is 10.9. The highest BCUT2D eigenvalue weighted by Gasteiger charge is 2.40. The lowest BCUT2D eigenvalue weighted by Crippen LogP contribution is -2.32. The summed E-state index contributed by atoms with van der Waals surface area (Å²) in [5.74, 6) is 0. The molecule has 0 aromatic heterocycles. The topological polar surface area (TPSA) is 29.4 Å². The van der Waals surface area contributed by atoms with Crippen LogP contribution < -0.4 is 0 Å². The van der Waals surface area contributed by atoms with Crippen LogP contribution in [0.5, 0.6) is 0 Å². The van der Waals surface area contributed by atoms with Gasteiger partial charge in [0.2, 0.25) is 6.08 Å². The van der Waals surface area contributed by atoms with Crippen LogP contribution in [0.15, 0.2) is 27.7 Å². The number of aliphatic imine (C=N–C) groups is 1. The van der Waals surface area contributed by atoms with Gasteiger partial charge in [0.25, 0.3) is 0 Å². The Hall–Kier alpha value is -0.630. The SMILES string of the molecule is O=C=NC1(c2cccc(Cl)c2Br)CCC1. The molecular weight excluding hydrogens is 277 g/mol. The molecule has 0 amide bonds. The summed E-state index contributed by atoms with van der Waals surface area (Å²) in [4.78, 5) is 14.4. The summed E-state index contributed by atoms with van der Waals surface area (Å²) in [6.07, 6.45) is 4.53. The fraction of sp³-hybridized carbons (Fsp3) is 0.364. The molecule has 1 fully saturated rings. The molecule has 78 valence electrons. The number of halogens is 2. The highest BCUT2D eigenvalue weighted by atomic mass is 79.9. The lowest BCUT2D eigenvalue weighted by molar-refractivity contribution is 0.255. The zero-order valence-corrected chi connectivity index (χ0v) is 10.3. The summed E-state index contributed by atoms with van der Waals surface area (Å²) in [6, 6.07) is 5.64. The molecule has 0 N–H and O–H groups in total. The standard InChI is InChI=1S/C11H9BrClNO/c12-10-8(3-1-4-9(10)13)11(14-7-15)5-2-6-11/h1,3-4H,2,5-6H2. The number of hydrogen-bond donors (Lipinski definition) is 0. The van der Waals surface area contributed by atoms with Crippen LogP contribution in [0.25, 0.3) is 0 Å². The number of nitrogens with zero attached hydrogens (tertiary/aromatic N) is 1. The molecule has 0 spiro atoms. The summed E-state index contributed by atoms with van der Waals surface area (Å²) < 4.78 is 0.838. The molecule has 1 aromatic carbocycles. The summed E-state index contributed by atoms with van der Waals surface area (Å²) >= 11 is 9.45. The van der Waals surface area contributed by atoms with Crippen molar-refractivity contribution < 1.29 is 4.79 Å². The van der Waals surface area contributed by atoms with E-state index in [1.807, 2.05) is 18.2 Å². The first-order valence-corrected chi connectivity index (χ1v) is 5.90. The third-order valence-electron chi connectivity index (χ3n) is 2.89. The molecule has 2 rings (SSSR count). The summed E-state index contributed by atoms with van der Waals surface area (Å²) in [6.45, 7) is 0. The number of hydrogen-bond acceptors (Lipinski definition) is 2. The number of carbonyl (C=O) groups excluding carboxylic acids is 1. The van der Waals surface area contributed by atoms with Crippen LogP contribution in [-0.2, 0) is 10.3 Å². The predicted octanol–water partition coefficient (Wildman–Crippen LogP) is 3.82. The van der Waals surface area contributed by atoms with Crippen molar-refractivity contribution in [1.29, 1.82) is 0 Å². The maximum absolute atomic E-state index is 10.4. The maximum Gasteiger partial charge on any atom is 0.235 e. The minimum absolute atomic E-state index is 0.383. The second-order valence-corrected chi connectivity index (χ2v) is 4.89. The van der Waals surface area contributed by atoms with Crippen molar-refractivity contribution in [3.63, 3.8) is 0 Å². The quantitative estimate of drug-likeness (QED) is 0.600. The van der Waals surface area contributed by atoms with Gasteiger partial charge < -0.3 is 0 Å². The molecule has 0 heterocycles. The number of benzene rings is 1. The van der Waals surface area contributed by atoms with Gasteiger partial charge in [0.05, 0.1) is 10.6 Å². The van der Waals surface area contributed by atoms with Crippen LogP contribution in [-0.4, -0.2) is 6.08 Å². The molecule has 0 unspecified atom stereocenters. The molecule has 0 aliphatic heterocycles. The second-order valence-electron chi connectivity index (χ2n) is 3.69.